The van der Waals surface area contributed by atoms with Gasteiger partial charge >= 0.3 is 5.97 Å². The molecule has 1 unspecified atom stereocenters. The van der Waals surface area contributed by atoms with Gasteiger partial charge in [-0.3, -0.25) is 10.1 Å². The Labute approximate surface area is 136 Å². The predicted molar refractivity (Wildman–Crippen MR) is 87.3 cm³/mol. The van der Waals surface area contributed by atoms with Crippen LogP contribution in [0.1, 0.15) is 25.3 Å². The standard InChI is InChI=1S/C18H23NO4/c1-14(18(21)22-13-15-8-4-2-5-9-15)19-12-17(20)23-16-10-6-3-7-11-16/h2,4-6,8-11,14,17,19-20H,3,7,12-13H2,1H3/t14-,17?/m0/s1. The van der Waals surface area contributed by atoms with Crippen molar-refractivity contribution in [2.45, 2.75) is 38.7 Å². The Morgan fingerprint density at radius 2 is 2.09 bits per heavy atom. The fraction of sp³-hybridized carbons (Fsp3) is 0.389. The SMILES string of the molecule is C[C@H](NCC(O)OC1=CCCC=C1)C(=O)OCc1ccccc1. The molecule has 0 spiro atoms. The molecule has 0 aromatic heterocycles. The summed E-state index contributed by atoms with van der Waals surface area (Å²) in [6.45, 7) is 2.08. The molecule has 23 heavy (non-hydrogen) atoms. The number of aliphatic hydroxyl groups is 1. The maximum absolute atomic E-state index is 11.9. The number of esters is 1. The molecule has 2 atom stereocenters. The summed E-state index contributed by atoms with van der Waals surface area (Å²) < 4.78 is 10.6. The average molecular weight is 317 g/mol. The minimum atomic E-state index is -1.01. The van der Waals surface area contributed by atoms with E-state index < -0.39 is 12.3 Å². The van der Waals surface area contributed by atoms with E-state index in [0.29, 0.717) is 5.76 Å². The molecule has 1 aromatic rings. The van der Waals surface area contributed by atoms with Gasteiger partial charge in [0.15, 0.2) is 0 Å². The Morgan fingerprint density at radius 3 is 2.78 bits per heavy atom. The molecular formula is C18H23NO4. The van der Waals surface area contributed by atoms with E-state index in [2.05, 4.69) is 5.32 Å². The molecule has 1 aromatic carbocycles. The number of hydrogen-bond acceptors (Lipinski definition) is 5. The fourth-order valence-electron chi connectivity index (χ4n) is 2.09. The van der Waals surface area contributed by atoms with Crippen molar-refractivity contribution in [3.63, 3.8) is 0 Å². The lowest BCUT2D eigenvalue weighted by Crippen LogP contribution is -2.40. The molecule has 124 valence electrons. The molecule has 0 amide bonds. The van der Waals surface area contributed by atoms with Crippen LogP contribution in [-0.4, -0.2) is 30.0 Å². The highest BCUT2D eigenvalue weighted by Gasteiger charge is 2.16. The van der Waals surface area contributed by atoms with Crippen molar-refractivity contribution in [2.75, 3.05) is 6.54 Å². The van der Waals surface area contributed by atoms with Crippen molar-refractivity contribution in [2.24, 2.45) is 0 Å². The summed E-state index contributed by atoms with van der Waals surface area (Å²) in [5.74, 6) is 0.294. The molecule has 0 heterocycles. The normalized spacial score (nSPS) is 16.3. The monoisotopic (exact) mass is 317 g/mol. The van der Waals surface area contributed by atoms with E-state index in [9.17, 15) is 9.90 Å². The van der Waals surface area contributed by atoms with Gasteiger partial charge in [-0.25, -0.2) is 0 Å². The third-order valence-corrected chi connectivity index (χ3v) is 3.41. The molecule has 5 nitrogen and oxygen atoms in total. The molecular weight excluding hydrogens is 294 g/mol. The highest BCUT2D eigenvalue weighted by atomic mass is 16.6. The van der Waals surface area contributed by atoms with Crippen LogP contribution < -0.4 is 5.32 Å². The van der Waals surface area contributed by atoms with Gasteiger partial charge in [-0.1, -0.05) is 36.4 Å². The second-order valence-electron chi connectivity index (χ2n) is 5.38. The Hall–Kier alpha value is -2.11. The van der Waals surface area contributed by atoms with E-state index in [0.717, 1.165) is 18.4 Å². The number of carbonyl (C=O) groups excluding carboxylic acids is 1. The molecule has 2 N–H and O–H groups in total. The quantitative estimate of drug-likeness (QED) is 0.569. The Balaban J connectivity index is 1.67. The van der Waals surface area contributed by atoms with Crippen molar-refractivity contribution in [3.05, 3.63) is 59.9 Å². The summed E-state index contributed by atoms with van der Waals surface area (Å²) in [7, 11) is 0. The van der Waals surface area contributed by atoms with E-state index in [1.807, 2.05) is 48.6 Å². The largest absolute Gasteiger partial charge is 0.464 e. The van der Waals surface area contributed by atoms with E-state index in [-0.39, 0.29) is 19.1 Å². The molecule has 1 aliphatic carbocycles. The molecule has 0 saturated heterocycles. The first-order valence-electron chi connectivity index (χ1n) is 7.80. The predicted octanol–water partition coefficient (Wildman–Crippen LogP) is 2.28. The van der Waals surface area contributed by atoms with Gasteiger partial charge in [0, 0.05) is 0 Å². The molecule has 2 rings (SSSR count). The minimum Gasteiger partial charge on any atom is -0.464 e. The highest BCUT2D eigenvalue weighted by Crippen LogP contribution is 2.12. The lowest BCUT2D eigenvalue weighted by molar-refractivity contribution is -0.147. The van der Waals surface area contributed by atoms with Gasteiger partial charge in [0.05, 0.1) is 6.54 Å². The van der Waals surface area contributed by atoms with Gasteiger partial charge in [0.2, 0.25) is 6.29 Å². The molecule has 0 bridgehead atoms. The molecule has 5 heteroatoms. The first-order chi connectivity index (χ1) is 11.1. The molecule has 0 aliphatic heterocycles. The maximum Gasteiger partial charge on any atom is 0.323 e. The van der Waals surface area contributed by atoms with Gasteiger partial charge in [0.25, 0.3) is 0 Å². The van der Waals surface area contributed by atoms with Gasteiger partial charge in [-0.15, -0.1) is 0 Å². The zero-order chi connectivity index (χ0) is 16.5. The number of nitrogens with one attached hydrogen (secondary N) is 1. The number of ether oxygens (including phenoxy) is 2. The van der Waals surface area contributed by atoms with Crippen molar-refractivity contribution in [1.82, 2.24) is 5.32 Å². The maximum atomic E-state index is 11.9. The minimum absolute atomic E-state index is 0.146. The lowest BCUT2D eigenvalue weighted by atomic mass is 10.2. The van der Waals surface area contributed by atoms with Crippen molar-refractivity contribution in [3.8, 4) is 0 Å². The molecule has 1 aliphatic rings. The number of hydrogen-bond donors (Lipinski definition) is 2. The second-order valence-corrected chi connectivity index (χ2v) is 5.38. The lowest BCUT2D eigenvalue weighted by Gasteiger charge is -2.19. The van der Waals surface area contributed by atoms with E-state index in [4.69, 9.17) is 9.47 Å². The number of aliphatic hydroxyl groups excluding tert-OH is 1. The van der Waals surface area contributed by atoms with E-state index in [1.54, 1.807) is 6.92 Å². The van der Waals surface area contributed by atoms with Crippen molar-refractivity contribution in [1.29, 1.82) is 0 Å². The third kappa shape index (κ3) is 6.26. The number of rotatable bonds is 8. The van der Waals surface area contributed by atoms with Crippen LogP contribution in [0.25, 0.3) is 0 Å². The number of allylic oxidation sites excluding steroid dienone is 3. The Kier molecular flexibility index (Phi) is 6.84. The summed E-state index contributed by atoms with van der Waals surface area (Å²) in [5, 5.41) is 12.7. The smallest absolute Gasteiger partial charge is 0.323 e. The molecule has 0 saturated carbocycles. The van der Waals surface area contributed by atoms with Crippen LogP contribution in [0.4, 0.5) is 0 Å². The van der Waals surface area contributed by atoms with Crippen LogP contribution in [0.5, 0.6) is 0 Å². The van der Waals surface area contributed by atoms with Crippen molar-refractivity contribution >= 4 is 5.97 Å². The fourth-order valence-corrected chi connectivity index (χ4v) is 2.09. The first-order valence-corrected chi connectivity index (χ1v) is 7.80. The summed E-state index contributed by atoms with van der Waals surface area (Å²) in [6, 6.07) is 8.98. The topological polar surface area (TPSA) is 67.8 Å². The average Bonchev–Trinajstić information content (AvgIpc) is 2.59. The second kappa shape index (κ2) is 9.12. The van der Waals surface area contributed by atoms with Crippen molar-refractivity contribution < 1.29 is 19.4 Å². The molecule has 0 radical (unpaired) electrons. The van der Waals surface area contributed by atoms with Gasteiger partial charge in [-0.05, 0) is 37.5 Å². The van der Waals surface area contributed by atoms with E-state index >= 15 is 0 Å². The first kappa shape index (κ1) is 17.2. The summed E-state index contributed by atoms with van der Waals surface area (Å²) in [5.41, 5.74) is 0.937. The van der Waals surface area contributed by atoms with Gasteiger partial charge < -0.3 is 14.6 Å². The van der Waals surface area contributed by atoms with E-state index in [1.165, 1.54) is 0 Å². The van der Waals surface area contributed by atoms with Gasteiger partial charge in [-0.2, -0.15) is 0 Å². The summed E-state index contributed by atoms with van der Waals surface area (Å²) in [6.07, 6.45) is 6.66. The third-order valence-electron chi connectivity index (χ3n) is 3.41. The van der Waals surface area contributed by atoms with Crippen LogP contribution in [0, 0.1) is 0 Å². The zero-order valence-electron chi connectivity index (χ0n) is 13.3. The highest BCUT2D eigenvalue weighted by molar-refractivity contribution is 5.75. The number of benzene rings is 1. The summed E-state index contributed by atoms with van der Waals surface area (Å²) in [4.78, 5) is 11.9. The zero-order valence-corrected chi connectivity index (χ0v) is 13.3. The van der Waals surface area contributed by atoms with Gasteiger partial charge in [0.1, 0.15) is 18.4 Å². The Morgan fingerprint density at radius 1 is 1.30 bits per heavy atom. The van der Waals surface area contributed by atoms with Crippen LogP contribution >= 0.6 is 0 Å². The summed E-state index contributed by atoms with van der Waals surface area (Å²) >= 11 is 0. The van der Waals surface area contributed by atoms with Crippen LogP contribution in [0.15, 0.2) is 54.3 Å². The molecule has 0 fully saturated rings. The van der Waals surface area contributed by atoms with Crippen LogP contribution in [-0.2, 0) is 20.9 Å². The number of carbonyl (C=O) groups is 1. The Bertz CT molecular complexity index is 553. The van der Waals surface area contributed by atoms with Crippen LogP contribution in [0.3, 0.4) is 0 Å². The van der Waals surface area contributed by atoms with Crippen LogP contribution in [0.2, 0.25) is 0 Å².